The normalized spacial score (nSPS) is 16.9. The number of hydrogen-bond donors (Lipinski definition) is 2. The molecule has 0 aliphatic carbocycles. The summed E-state index contributed by atoms with van der Waals surface area (Å²) >= 11 is 0. The zero-order valence-corrected chi connectivity index (χ0v) is 17.6. The summed E-state index contributed by atoms with van der Waals surface area (Å²) in [7, 11) is 1.78. The SMILES string of the molecule is CN=C(NCCc1ccc2c(c1)OCO2)NCC1Cc2ccccc2O1.I. The molecular weight excluding hydrogens is 457 g/mol. The molecular formula is C20H24IN3O3. The predicted octanol–water partition coefficient (Wildman–Crippen LogP) is 2.74. The van der Waals surface area contributed by atoms with Crippen LogP contribution in [0.2, 0.25) is 0 Å². The Morgan fingerprint density at radius 3 is 2.78 bits per heavy atom. The van der Waals surface area contributed by atoms with E-state index < -0.39 is 0 Å². The number of halogens is 1. The number of nitrogens with zero attached hydrogens (tertiary/aromatic N) is 1. The lowest BCUT2D eigenvalue weighted by Gasteiger charge is -2.15. The molecule has 1 unspecified atom stereocenters. The molecule has 0 aromatic heterocycles. The van der Waals surface area contributed by atoms with Crippen molar-refractivity contribution in [1.29, 1.82) is 0 Å². The zero-order valence-electron chi connectivity index (χ0n) is 15.2. The van der Waals surface area contributed by atoms with E-state index in [9.17, 15) is 0 Å². The van der Waals surface area contributed by atoms with Gasteiger partial charge in [0.25, 0.3) is 0 Å². The third kappa shape index (κ3) is 4.77. The molecule has 2 heterocycles. The number of ether oxygens (including phenoxy) is 3. The third-order valence-corrected chi connectivity index (χ3v) is 4.58. The van der Waals surface area contributed by atoms with Gasteiger partial charge in [0.05, 0.1) is 6.54 Å². The number of benzene rings is 2. The van der Waals surface area contributed by atoms with E-state index >= 15 is 0 Å². The number of para-hydroxylation sites is 1. The maximum atomic E-state index is 5.95. The van der Waals surface area contributed by atoms with Gasteiger partial charge >= 0.3 is 0 Å². The van der Waals surface area contributed by atoms with Gasteiger partial charge in [0.1, 0.15) is 11.9 Å². The van der Waals surface area contributed by atoms with Crippen LogP contribution in [0.15, 0.2) is 47.5 Å². The first kappa shape index (κ1) is 19.6. The highest BCUT2D eigenvalue weighted by molar-refractivity contribution is 14.0. The average molecular weight is 481 g/mol. The molecule has 27 heavy (non-hydrogen) atoms. The Hall–Kier alpha value is -2.16. The summed E-state index contributed by atoms with van der Waals surface area (Å²) in [6, 6.07) is 14.3. The van der Waals surface area contributed by atoms with Crippen molar-refractivity contribution in [1.82, 2.24) is 10.6 Å². The molecule has 0 saturated carbocycles. The molecule has 0 spiro atoms. The molecule has 0 bridgehead atoms. The Morgan fingerprint density at radius 1 is 1.07 bits per heavy atom. The summed E-state index contributed by atoms with van der Waals surface area (Å²) in [6.45, 7) is 1.81. The van der Waals surface area contributed by atoms with Crippen molar-refractivity contribution in [3.63, 3.8) is 0 Å². The van der Waals surface area contributed by atoms with Gasteiger partial charge in [0.2, 0.25) is 6.79 Å². The van der Waals surface area contributed by atoms with E-state index in [1.54, 1.807) is 7.05 Å². The first-order chi connectivity index (χ1) is 12.8. The van der Waals surface area contributed by atoms with Crippen molar-refractivity contribution in [2.75, 3.05) is 26.9 Å². The molecule has 0 amide bonds. The average Bonchev–Trinajstić information content (AvgIpc) is 3.30. The lowest BCUT2D eigenvalue weighted by molar-refractivity contribution is 0.174. The van der Waals surface area contributed by atoms with E-state index in [-0.39, 0.29) is 30.1 Å². The van der Waals surface area contributed by atoms with Crippen LogP contribution in [-0.4, -0.2) is 39.0 Å². The van der Waals surface area contributed by atoms with Gasteiger partial charge in [-0.25, -0.2) is 0 Å². The number of aliphatic imine (C=N–C) groups is 1. The molecule has 2 N–H and O–H groups in total. The molecule has 4 rings (SSSR count). The summed E-state index contributed by atoms with van der Waals surface area (Å²) in [5.41, 5.74) is 2.47. The Labute approximate surface area is 176 Å². The second kappa shape index (κ2) is 9.16. The molecule has 7 heteroatoms. The van der Waals surface area contributed by atoms with Crippen LogP contribution in [0.25, 0.3) is 0 Å². The molecule has 2 aromatic carbocycles. The molecule has 6 nitrogen and oxygen atoms in total. The van der Waals surface area contributed by atoms with E-state index in [4.69, 9.17) is 14.2 Å². The van der Waals surface area contributed by atoms with Crippen molar-refractivity contribution in [2.24, 2.45) is 4.99 Å². The van der Waals surface area contributed by atoms with Crippen LogP contribution in [0, 0.1) is 0 Å². The van der Waals surface area contributed by atoms with E-state index in [1.807, 2.05) is 24.3 Å². The Balaban J connectivity index is 0.00000210. The first-order valence-corrected chi connectivity index (χ1v) is 8.89. The highest BCUT2D eigenvalue weighted by atomic mass is 127. The Bertz CT molecular complexity index is 788. The predicted molar refractivity (Wildman–Crippen MR) is 116 cm³/mol. The molecule has 2 aliphatic heterocycles. The lowest BCUT2D eigenvalue weighted by Crippen LogP contribution is -2.42. The third-order valence-electron chi connectivity index (χ3n) is 4.58. The molecule has 2 aliphatic rings. The maximum absolute atomic E-state index is 5.95. The fraction of sp³-hybridized carbons (Fsp3) is 0.350. The van der Waals surface area contributed by atoms with Crippen LogP contribution in [0.3, 0.4) is 0 Å². The van der Waals surface area contributed by atoms with Crippen molar-refractivity contribution in [3.8, 4) is 17.2 Å². The highest BCUT2D eigenvalue weighted by Gasteiger charge is 2.22. The quantitative estimate of drug-likeness (QED) is 0.391. The van der Waals surface area contributed by atoms with Crippen LogP contribution in [0.5, 0.6) is 17.2 Å². The minimum absolute atomic E-state index is 0. The van der Waals surface area contributed by atoms with Gasteiger partial charge in [-0.15, -0.1) is 24.0 Å². The Kier molecular flexibility index (Phi) is 6.65. The van der Waals surface area contributed by atoms with Crippen LogP contribution in [-0.2, 0) is 12.8 Å². The summed E-state index contributed by atoms with van der Waals surface area (Å²) in [5, 5.41) is 6.69. The van der Waals surface area contributed by atoms with E-state index in [0.29, 0.717) is 6.79 Å². The highest BCUT2D eigenvalue weighted by Crippen LogP contribution is 2.32. The lowest BCUT2D eigenvalue weighted by atomic mass is 10.1. The summed E-state index contributed by atoms with van der Waals surface area (Å²) in [5.74, 6) is 3.41. The van der Waals surface area contributed by atoms with Crippen molar-refractivity contribution in [3.05, 3.63) is 53.6 Å². The van der Waals surface area contributed by atoms with Crippen molar-refractivity contribution >= 4 is 29.9 Å². The number of rotatable bonds is 5. The van der Waals surface area contributed by atoms with Gasteiger partial charge in [-0.1, -0.05) is 24.3 Å². The Morgan fingerprint density at radius 2 is 1.93 bits per heavy atom. The van der Waals surface area contributed by atoms with Crippen LogP contribution in [0.4, 0.5) is 0 Å². The topological polar surface area (TPSA) is 64.1 Å². The van der Waals surface area contributed by atoms with E-state index in [2.05, 4.69) is 33.8 Å². The van der Waals surface area contributed by atoms with E-state index in [0.717, 1.165) is 49.1 Å². The monoisotopic (exact) mass is 481 g/mol. The molecule has 1 atom stereocenters. The zero-order chi connectivity index (χ0) is 17.8. The van der Waals surface area contributed by atoms with Gasteiger partial charge in [-0.05, 0) is 35.7 Å². The second-order valence-electron chi connectivity index (χ2n) is 6.37. The molecule has 0 saturated heterocycles. The first-order valence-electron chi connectivity index (χ1n) is 8.89. The molecule has 0 fully saturated rings. The number of nitrogens with one attached hydrogen (secondary N) is 2. The maximum Gasteiger partial charge on any atom is 0.231 e. The van der Waals surface area contributed by atoms with Gasteiger partial charge in [-0.3, -0.25) is 4.99 Å². The summed E-state index contributed by atoms with van der Waals surface area (Å²) < 4.78 is 16.7. The van der Waals surface area contributed by atoms with Gasteiger partial charge in [0, 0.05) is 20.0 Å². The molecule has 2 aromatic rings. The van der Waals surface area contributed by atoms with Crippen molar-refractivity contribution < 1.29 is 14.2 Å². The minimum atomic E-state index is 0. The second-order valence-corrected chi connectivity index (χ2v) is 6.37. The van der Waals surface area contributed by atoms with Crippen LogP contribution >= 0.6 is 24.0 Å². The largest absolute Gasteiger partial charge is 0.488 e. The minimum Gasteiger partial charge on any atom is -0.488 e. The van der Waals surface area contributed by atoms with Gasteiger partial charge < -0.3 is 24.8 Å². The smallest absolute Gasteiger partial charge is 0.231 e. The van der Waals surface area contributed by atoms with Crippen LogP contribution < -0.4 is 24.8 Å². The summed E-state index contributed by atoms with van der Waals surface area (Å²) in [6.07, 6.45) is 1.94. The fourth-order valence-electron chi connectivity index (χ4n) is 3.22. The van der Waals surface area contributed by atoms with E-state index in [1.165, 1.54) is 11.1 Å². The van der Waals surface area contributed by atoms with Crippen LogP contribution in [0.1, 0.15) is 11.1 Å². The standard InChI is InChI=1S/C20H23N3O3.HI/c1-21-20(23-12-16-11-15-4-2-3-5-17(15)26-16)22-9-8-14-6-7-18-19(10-14)25-13-24-18;/h2-7,10,16H,8-9,11-13H2,1H3,(H2,21,22,23);1H. The summed E-state index contributed by atoms with van der Waals surface area (Å²) in [4.78, 5) is 4.28. The van der Waals surface area contributed by atoms with Gasteiger partial charge in [0.15, 0.2) is 17.5 Å². The van der Waals surface area contributed by atoms with Gasteiger partial charge in [-0.2, -0.15) is 0 Å². The molecule has 144 valence electrons. The number of fused-ring (bicyclic) bond motifs is 2. The number of hydrogen-bond acceptors (Lipinski definition) is 4. The number of guanidine groups is 1. The fourth-order valence-corrected chi connectivity index (χ4v) is 3.22. The van der Waals surface area contributed by atoms with Crippen molar-refractivity contribution in [2.45, 2.75) is 18.9 Å². The molecule has 0 radical (unpaired) electrons.